The Labute approximate surface area is 98.8 Å². The van der Waals surface area contributed by atoms with E-state index in [-0.39, 0.29) is 5.15 Å². The highest BCUT2D eigenvalue weighted by atomic mass is 35.5. The largest absolute Gasteiger partial charge is 0.309 e. The molecule has 80 valence electrons. The van der Waals surface area contributed by atoms with E-state index in [1.807, 2.05) is 6.07 Å². The van der Waals surface area contributed by atoms with Crippen LogP contribution in [0.25, 0.3) is 5.57 Å². The van der Waals surface area contributed by atoms with E-state index in [9.17, 15) is 0 Å². The van der Waals surface area contributed by atoms with Crippen LogP contribution in [-0.2, 0) is 0 Å². The third-order valence-corrected chi connectivity index (χ3v) is 3.64. The quantitative estimate of drug-likeness (QED) is 0.752. The van der Waals surface area contributed by atoms with Crippen LogP contribution < -0.4 is 5.32 Å². The number of pyridine rings is 1. The lowest BCUT2D eigenvalue weighted by Gasteiger charge is -2.34. The molecule has 0 aromatic carbocycles. The Hall–Kier alpha value is -1.37. The Balaban J connectivity index is 1.99. The van der Waals surface area contributed by atoms with Gasteiger partial charge >= 0.3 is 0 Å². The molecule has 0 amide bonds. The zero-order valence-corrected chi connectivity index (χ0v) is 9.33. The summed E-state index contributed by atoms with van der Waals surface area (Å²) in [4.78, 5) is 4.05. The average molecular weight is 232 g/mol. The molecule has 1 fully saturated rings. The number of fused-ring (bicyclic) bond motifs is 1. The van der Waals surface area contributed by atoms with Gasteiger partial charge in [0.2, 0.25) is 0 Å². The molecule has 0 spiro atoms. The minimum Gasteiger partial charge on any atom is -0.309 e. The SMILES string of the molecule is N#Cc1cc(C2=CCC3CNC23)cnc1Cl. The number of nitrogens with one attached hydrogen (secondary N) is 1. The summed E-state index contributed by atoms with van der Waals surface area (Å²) in [6.45, 7) is 1.09. The Morgan fingerprint density at radius 1 is 1.56 bits per heavy atom. The van der Waals surface area contributed by atoms with Crippen LogP contribution in [0.4, 0.5) is 0 Å². The fourth-order valence-electron chi connectivity index (χ4n) is 2.37. The summed E-state index contributed by atoms with van der Waals surface area (Å²) in [7, 11) is 0. The van der Waals surface area contributed by atoms with Gasteiger partial charge in [0.1, 0.15) is 11.2 Å². The summed E-state index contributed by atoms with van der Waals surface area (Å²) in [5.74, 6) is 0.733. The molecule has 2 unspecified atom stereocenters. The van der Waals surface area contributed by atoms with Crippen molar-refractivity contribution in [1.82, 2.24) is 10.3 Å². The van der Waals surface area contributed by atoms with Gasteiger partial charge in [0.25, 0.3) is 0 Å². The van der Waals surface area contributed by atoms with Crippen molar-refractivity contribution in [1.29, 1.82) is 5.26 Å². The number of halogens is 1. The molecule has 1 aliphatic carbocycles. The molecule has 2 aliphatic rings. The number of allylic oxidation sites excluding steroid dienone is 1. The third kappa shape index (κ3) is 1.35. The van der Waals surface area contributed by atoms with Gasteiger partial charge in [0.15, 0.2) is 0 Å². The Bertz CT molecular complexity index is 515. The van der Waals surface area contributed by atoms with Gasteiger partial charge in [-0.3, -0.25) is 0 Å². The van der Waals surface area contributed by atoms with Crippen molar-refractivity contribution in [2.75, 3.05) is 6.54 Å². The van der Waals surface area contributed by atoms with Crippen molar-refractivity contribution in [2.45, 2.75) is 12.5 Å². The zero-order chi connectivity index (χ0) is 11.1. The van der Waals surface area contributed by atoms with Crippen LogP contribution in [0.15, 0.2) is 18.3 Å². The predicted octanol–water partition coefficient (Wildman–Crippen LogP) is 1.98. The summed E-state index contributed by atoms with van der Waals surface area (Å²) in [6, 6.07) is 4.34. The summed E-state index contributed by atoms with van der Waals surface area (Å²) in [5.41, 5.74) is 2.72. The molecular formula is C12H10ClN3. The second kappa shape index (κ2) is 3.58. The van der Waals surface area contributed by atoms with Crippen molar-refractivity contribution < 1.29 is 0 Å². The first-order chi connectivity index (χ1) is 7.79. The third-order valence-electron chi connectivity index (χ3n) is 3.34. The molecule has 0 saturated carbocycles. The first kappa shape index (κ1) is 9.83. The summed E-state index contributed by atoms with van der Waals surface area (Å²) in [5, 5.41) is 12.6. The van der Waals surface area contributed by atoms with Crippen molar-refractivity contribution >= 4 is 17.2 Å². The standard InChI is InChI=1S/C12H10ClN3/c13-12-8(4-14)3-9(6-16-12)10-2-1-7-5-15-11(7)10/h2-3,6-7,11,15H,1,5H2. The van der Waals surface area contributed by atoms with Crippen molar-refractivity contribution in [3.8, 4) is 6.07 Å². The molecule has 0 bridgehead atoms. The van der Waals surface area contributed by atoms with E-state index in [0.717, 1.165) is 24.4 Å². The summed E-state index contributed by atoms with van der Waals surface area (Å²) < 4.78 is 0. The van der Waals surface area contributed by atoms with Crippen LogP contribution in [0.3, 0.4) is 0 Å². The molecule has 3 nitrogen and oxygen atoms in total. The van der Waals surface area contributed by atoms with Gasteiger partial charge in [-0.1, -0.05) is 17.7 Å². The molecule has 2 heterocycles. The number of nitrogens with zero attached hydrogens (tertiary/aromatic N) is 2. The minimum atomic E-state index is 0.281. The maximum absolute atomic E-state index is 8.91. The number of rotatable bonds is 1. The maximum Gasteiger partial charge on any atom is 0.146 e. The van der Waals surface area contributed by atoms with E-state index < -0.39 is 0 Å². The van der Waals surface area contributed by atoms with Gasteiger partial charge in [-0.15, -0.1) is 0 Å². The minimum absolute atomic E-state index is 0.281. The molecule has 1 aromatic heterocycles. The first-order valence-electron chi connectivity index (χ1n) is 5.29. The highest BCUT2D eigenvalue weighted by Crippen LogP contribution is 2.37. The molecule has 1 aromatic rings. The Morgan fingerprint density at radius 2 is 2.44 bits per heavy atom. The van der Waals surface area contributed by atoms with Gasteiger partial charge in [-0.05, 0) is 29.5 Å². The Kier molecular flexibility index (Phi) is 2.20. The first-order valence-corrected chi connectivity index (χ1v) is 5.67. The Morgan fingerprint density at radius 3 is 3.06 bits per heavy atom. The fourth-order valence-corrected chi connectivity index (χ4v) is 2.52. The fraction of sp³-hybridized carbons (Fsp3) is 0.333. The second-order valence-electron chi connectivity index (χ2n) is 4.22. The zero-order valence-electron chi connectivity index (χ0n) is 8.57. The van der Waals surface area contributed by atoms with Crippen LogP contribution in [0.5, 0.6) is 0 Å². The van der Waals surface area contributed by atoms with E-state index in [1.165, 1.54) is 5.57 Å². The van der Waals surface area contributed by atoms with Crippen molar-refractivity contribution in [3.63, 3.8) is 0 Å². The lowest BCUT2D eigenvalue weighted by molar-refractivity contribution is 0.307. The highest BCUT2D eigenvalue weighted by molar-refractivity contribution is 6.30. The molecule has 1 saturated heterocycles. The molecule has 16 heavy (non-hydrogen) atoms. The smallest absolute Gasteiger partial charge is 0.146 e. The number of aromatic nitrogens is 1. The highest BCUT2D eigenvalue weighted by Gasteiger charge is 2.37. The van der Waals surface area contributed by atoms with E-state index in [2.05, 4.69) is 22.4 Å². The molecular weight excluding hydrogens is 222 g/mol. The molecule has 1 N–H and O–H groups in total. The topological polar surface area (TPSA) is 48.7 Å². The number of nitriles is 1. The van der Waals surface area contributed by atoms with Crippen LogP contribution in [0.2, 0.25) is 5.15 Å². The second-order valence-corrected chi connectivity index (χ2v) is 4.57. The molecule has 3 rings (SSSR count). The van der Waals surface area contributed by atoms with E-state index >= 15 is 0 Å². The van der Waals surface area contributed by atoms with Crippen LogP contribution in [0, 0.1) is 17.2 Å². The van der Waals surface area contributed by atoms with Crippen LogP contribution in [-0.4, -0.2) is 17.6 Å². The number of hydrogen-bond acceptors (Lipinski definition) is 3. The van der Waals surface area contributed by atoms with E-state index in [0.29, 0.717) is 11.6 Å². The van der Waals surface area contributed by atoms with Crippen molar-refractivity contribution in [2.24, 2.45) is 5.92 Å². The average Bonchev–Trinajstić information content (AvgIpc) is 2.54. The predicted molar refractivity (Wildman–Crippen MR) is 61.8 cm³/mol. The van der Waals surface area contributed by atoms with Gasteiger partial charge in [0.05, 0.1) is 5.56 Å². The van der Waals surface area contributed by atoms with Gasteiger partial charge < -0.3 is 5.32 Å². The molecule has 2 atom stereocenters. The van der Waals surface area contributed by atoms with Crippen LogP contribution >= 0.6 is 11.6 Å². The molecule has 1 aliphatic heterocycles. The van der Waals surface area contributed by atoms with E-state index in [1.54, 1.807) is 6.20 Å². The monoisotopic (exact) mass is 231 g/mol. The lowest BCUT2D eigenvalue weighted by Crippen LogP contribution is -2.50. The summed E-state index contributed by atoms with van der Waals surface area (Å²) in [6.07, 6.45) is 5.11. The van der Waals surface area contributed by atoms with E-state index in [4.69, 9.17) is 16.9 Å². The molecule has 0 radical (unpaired) electrons. The maximum atomic E-state index is 8.91. The lowest BCUT2D eigenvalue weighted by atomic mass is 9.89. The van der Waals surface area contributed by atoms with Crippen LogP contribution in [0.1, 0.15) is 17.5 Å². The van der Waals surface area contributed by atoms with Gasteiger partial charge in [-0.2, -0.15) is 5.26 Å². The normalized spacial score (nSPS) is 26.6. The van der Waals surface area contributed by atoms with Gasteiger partial charge in [-0.25, -0.2) is 4.98 Å². The molecule has 4 heteroatoms. The summed E-state index contributed by atoms with van der Waals surface area (Å²) >= 11 is 5.81. The number of hydrogen-bond donors (Lipinski definition) is 1. The van der Waals surface area contributed by atoms with Gasteiger partial charge in [0, 0.05) is 18.8 Å². The van der Waals surface area contributed by atoms with Crippen molar-refractivity contribution in [3.05, 3.63) is 34.6 Å².